The van der Waals surface area contributed by atoms with Gasteiger partial charge in [-0.1, -0.05) is 12.1 Å². The van der Waals surface area contributed by atoms with Gasteiger partial charge >= 0.3 is 0 Å². The average molecular weight is 314 g/mol. The molecule has 1 aromatic carbocycles. The van der Waals surface area contributed by atoms with E-state index in [1.165, 1.54) is 0 Å². The molecule has 1 aliphatic rings. The highest BCUT2D eigenvalue weighted by atomic mass is 19.1. The van der Waals surface area contributed by atoms with Gasteiger partial charge in [-0.05, 0) is 30.5 Å². The molecule has 0 spiro atoms. The summed E-state index contributed by atoms with van der Waals surface area (Å²) in [6.07, 6.45) is -1.76. The molecular weight excluding hydrogens is 291 g/mol. The number of aliphatic hydroxyl groups excluding tert-OH is 3. The van der Waals surface area contributed by atoms with Crippen molar-refractivity contribution >= 4 is 0 Å². The first-order valence-corrected chi connectivity index (χ1v) is 7.57. The van der Waals surface area contributed by atoms with Crippen molar-refractivity contribution in [3.63, 3.8) is 0 Å². The van der Waals surface area contributed by atoms with Gasteiger partial charge in [0.1, 0.15) is 18.0 Å². The highest BCUT2D eigenvalue weighted by Crippen LogP contribution is 2.32. The van der Waals surface area contributed by atoms with Crippen LogP contribution in [0.25, 0.3) is 0 Å². The highest BCUT2D eigenvalue weighted by Gasteiger charge is 2.37. The van der Waals surface area contributed by atoms with E-state index in [9.17, 15) is 19.7 Å². The van der Waals surface area contributed by atoms with Crippen LogP contribution in [0.3, 0.4) is 0 Å². The van der Waals surface area contributed by atoms with E-state index in [0.29, 0.717) is 30.8 Å². The van der Waals surface area contributed by atoms with Gasteiger partial charge in [0.2, 0.25) is 0 Å². The van der Waals surface area contributed by atoms with Crippen molar-refractivity contribution in [2.75, 3.05) is 19.9 Å². The molecule has 4 atom stereocenters. The van der Waals surface area contributed by atoms with Crippen LogP contribution in [-0.2, 0) is 4.74 Å². The molecule has 0 aliphatic carbocycles. The molecule has 124 valence electrons. The third-order valence-electron chi connectivity index (χ3n) is 3.76. The maximum Gasteiger partial charge on any atom is 0.119 e. The predicted octanol–water partition coefficient (Wildman–Crippen LogP) is 1.36. The summed E-state index contributed by atoms with van der Waals surface area (Å²) in [4.78, 5) is 0. The zero-order valence-electron chi connectivity index (χ0n) is 12.4. The molecule has 4 unspecified atom stereocenters. The number of unbranched alkanes of at least 4 members (excludes halogenated alkanes) is 1. The maximum absolute atomic E-state index is 12.0. The Hall–Kier alpha value is -1.21. The zero-order chi connectivity index (χ0) is 15.9. The normalized spacial score (nSPS) is 28.5. The van der Waals surface area contributed by atoms with Gasteiger partial charge in [-0.25, -0.2) is 0 Å². The number of ether oxygens (including phenoxy) is 2. The Morgan fingerprint density at radius 2 is 1.91 bits per heavy atom. The van der Waals surface area contributed by atoms with E-state index in [2.05, 4.69) is 0 Å². The molecule has 3 N–H and O–H groups in total. The van der Waals surface area contributed by atoms with Crippen LogP contribution in [-0.4, -0.2) is 53.5 Å². The lowest BCUT2D eigenvalue weighted by molar-refractivity contribution is -0.179. The molecular formula is C16H23FO5. The molecule has 1 fully saturated rings. The number of rotatable bonds is 7. The molecule has 0 aromatic heterocycles. The van der Waals surface area contributed by atoms with E-state index >= 15 is 0 Å². The van der Waals surface area contributed by atoms with Crippen molar-refractivity contribution in [1.82, 2.24) is 0 Å². The zero-order valence-corrected chi connectivity index (χ0v) is 12.4. The van der Waals surface area contributed by atoms with Crippen LogP contribution in [0.1, 0.15) is 30.9 Å². The Labute approximate surface area is 129 Å². The first-order valence-electron chi connectivity index (χ1n) is 7.57. The van der Waals surface area contributed by atoms with Gasteiger partial charge in [0.05, 0.1) is 32.1 Å². The third kappa shape index (κ3) is 4.39. The lowest BCUT2D eigenvalue weighted by Gasteiger charge is -2.36. The summed E-state index contributed by atoms with van der Waals surface area (Å²) >= 11 is 0. The van der Waals surface area contributed by atoms with Gasteiger partial charge in [0.25, 0.3) is 0 Å². The van der Waals surface area contributed by atoms with Crippen LogP contribution in [0.2, 0.25) is 0 Å². The fraction of sp³-hybridized carbons (Fsp3) is 0.625. The van der Waals surface area contributed by atoms with E-state index in [4.69, 9.17) is 9.47 Å². The third-order valence-corrected chi connectivity index (χ3v) is 3.76. The SMILES string of the molecule is OCC1CC(O)C(O)C(c2ccc(OCCCCF)cc2)O1. The molecule has 2 rings (SSSR count). The smallest absolute Gasteiger partial charge is 0.119 e. The molecule has 0 radical (unpaired) electrons. The fourth-order valence-corrected chi connectivity index (χ4v) is 2.49. The second-order valence-electron chi connectivity index (χ2n) is 5.47. The molecule has 1 aromatic rings. The number of alkyl halides is 1. The minimum atomic E-state index is -1.03. The Morgan fingerprint density at radius 3 is 2.55 bits per heavy atom. The van der Waals surface area contributed by atoms with Gasteiger partial charge in [0, 0.05) is 6.42 Å². The highest BCUT2D eigenvalue weighted by molar-refractivity contribution is 5.29. The topological polar surface area (TPSA) is 79.2 Å². The molecule has 6 heteroatoms. The second kappa shape index (κ2) is 8.43. The van der Waals surface area contributed by atoms with Gasteiger partial charge < -0.3 is 24.8 Å². The Balaban J connectivity index is 1.96. The van der Waals surface area contributed by atoms with E-state index in [1.54, 1.807) is 24.3 Å². The summed E-state index contributed by atoms with van der Waals surface area (Å²) < 4.78 is 23.1. The number of halogens is 1. The molecule has 1 heterocycles. The Bertz CT molecular complexity index is 439. The largest absolute Gasteiger partial charge is 0.494 e. The number of benzene rings is 1. The van der Waals surface area contributed by atoms with Gasteiger partial charge in [-0.2, -0.15) is 0 Å². The standard InChI is InChI=1S/C16H23FO5/c17-7-1-2-8-21-12-5-3-11(4-6-12)16-15(20)14(19)9-13(10-18)22-16/h3-6,13-16,18-20H,1-2,7-10H2. The molecule has 1 saturated heterocycles. The van der Waals surface area contributed by atoms with Crippen LogP contribution >= 0.6 is 0 Å². The van der Waals surface area contributed by atoms with Crippen LogP contribution < -0.4 is 4.74 Å². The predicted molar refractivity (Wildman–Crippen MR) is 78.5 cm³/mol. The lowest BCUT2D eigenvalue weighted by atomic mass is 9.93. The van der Waals surface area contributed by atoms with E-state index in [-0.39, 0.29) is 19.7 Å². The van der Waals surface area contributed by atoms with Crippen molar-refractivity contribution in [3.8, 4) is 5.75 Å². The van der Waals surface area contributed by atoms with E-state index in [0.717, 1.165) is 0 Å². The summed E-state index contributed by atoms with van der Waals surface area (Å²) in [6, 6.07) is 7.00. The molecule has 1 aliphatic heterocycles. The Kier molecular flexibility index (Phi) is 6.57. The minimum Gasteiger partial charge on any atom is -0.494 e. The first kappa shape index (κ1) is 17.1. The van der Waals surface area contributed by atoms with Crippen LogP contribution in [0, 0.1) is 0 Å². The van der Waals surface area contributed by atoms with Gasteiger partial charge in [0.15, 0.2) is 0 Å². The quantitative estimate of drug-likeness (QED) is 0.662. The van der Waals surface area contributed by atoms with Gasteiger partial charge in [-0.15, -0.1) is 0 Å². The molecule has 0 amide bonds. The summed E-state index contributed by atoms with van der Waals surface area (Å²) in [7, 11) is 0. The summed E-state index contributed by atoms with van der Waals surface area (Å²) in [5, 5.41) is 29.1. The molecule has 0 saturated carbocycles. The summed E-state index contributed by atoms with van der Waals surface area (Å²) in [5.74, 6) is 0.659. The molecule has 0 bridgehead atoms. The fourth-order valence-electron chi connectivity index (χ4n) is 2.49. The number of aliphatic hydroxyl groups is 3. The van der Waals surface area contributed by atoms with Crippen LogP contribution in [0.15, 0.2) is 24.3 Å². The van der Waals surface area contributed by atoms with Crippen molar-refractivity contribution in [2.45, 2.75) is 43.7 Å². The Morgan fingerprint density at radius 1 is 1.18 bits per heavy atom. The van der Waals surface area contributed by atoms with Crippen LogP contribution in [0.4, 0.5) is 4.39 Å². The average Bonchev–Trinajstić information content (AvgIpc) is 2.55. The lowest BCUT2D eigenvalue weighted by Crippen LogP contribution is -2.44. The summed E-state index contributed by atoms with van der Waals surface area (Å²) in [5.41, 5.74) is 0.709. The van der Waals surface area contributed by atoms with E-state index in [1.807, 2.05) is 0 Å². The monoisotopic (exact) mass is 314 g/mol. The van der Waals surface area contributed by atoms with Crippen molar-refractivity contribution in [3.05, 3.63) is 29.8 Å². The first-order chi connectivity index (χ1) is 10.7. The van der Waals surface area contributed by atoms with Crippen molar-refractivity contribution in [1.29, 1.82) is 0 Å². The van der Waals surface area contributed by atoms with Crippen LogP contribution in [0.5, 0.6) is 5.75 Å². The van der Waals surface area contributed by atoms with Crippen molar-refractivity contribution < 1.29 is 29.2 Å². The van der Waals surface area contributed by atoms with E-state index < -0.39 is 24.4 Å². The molecule has 5 nitrogen and oxygen atoms in total. The van der Waals surface area contributed by atoms with Crippen molar-refractivity contribution in [2.24, 2.45) is 0 Å². The summed E-state index contributed by atoms with van der Waals surface area (Å²) in [6.45, 7) is -0.0826. The molecule has 22 heavy (non-hydrogen) atoms. The van der Waals surface area contributed by atoms with Gasteiger partial charge in [-0.3, -0.25) is 4.39 Å². The number of hydrogen-bond acceptors (Lipinski definition) is 5. The second-order valence-corrected chi connectivity index (χ2v) is 5.47. The number of hydrogen-bond donors (Lipinski definition) is 3. The maximum atomic E-state index is 12.0. The minimum absolute atomic E-state index is 0.198.